The third-order valence-corrected chi connectivity index (χ3v) is 4.77. The van der Waals surface area contributed by atoms with Crippen molar-refractivity contribution < 1.29 is 0 Å². The highest BCUT2D eigenvalue weighted by molar-refractivity contribution is 4.83. The first-order valence-electron chi connectivity index (χ1n) is 8.46. The van der Waals surface area contributed by atoms with Crippen LogP contribution < -0.4 is 5.32 Å². The van der Waals surface area contributed by atoms with Crippen molar-refractivity contribution in [2.45, 2.75) is 65.5 Å². The fourth-order valence-electron chi connectivity index (χ4n) is 3.11. The number of piperidine rings is 1. The van der Waals surface area contributed by atoms with Gasteiger partial charge in [0.15, 0.2) is 0 Å². The van der Waals surface area contributed by atoms with Crippen LogP contribution in [0, 0.1) is 5.41 Å². The lowest BCUT2D eigenvalue weighted by molar-refractivity contribution is 0.131. The molecule has 1 atom stereocenters. The van der Waals surface area contributed by atoms with Crippen LogP contribution >= 0.6 is 0 Å². The third-order valence-electron chi connectivity index (χ3n) is 4.77. The predicted molar refractivity (Wildman–Crippen MR) is 89.3 cm³/mol. The summed E-state index contributed by atoms with van der Waals surface area (Å²) in [6.07, 6.45) is 5.13. The van der Waals surface area contributed by atoms with Crippen LogP contribution in [0.2, 0.25) is 0 Å². The van der Waals surface area contributed by atoms with E-state index in [2.05, 4.69) is 56.9 Å². The standard InChI is InChI=1S/C17H37N3/c1-7-11-18-16(17(2,3)4)10-14-20(6)15-8-12-19(5)13-9-15/h15-16,18H,7-14H2,1-6H3. The highest BCUT2D eigenvalue weighted by Crippen LogP contribution is 2.23. The smallest absolute Gasteiger partial charge is 0.0128 e. The minimum atomic E-state index is 0.350. The quantitative estimate of drug-likeness (QED) is 0.775. The molecule has 0 amide bonds. The van der Waals surface area contributed by atoms with Crippen molar-refractivity contribution in [1.82, 2.24) is 15.1 Å². The largest absolute Gasteiger partial charge is 0.313 e. The number of likely N-dealkylation sites (tertiary alicyclic amines) is 1. The second kappa shape index (κ2) is 8.35. The summed E-state index contributed by atoms with van der Waals surface area (Å²) in [5.74, 6) is 0. The molecule has 0 aromatic rings. The van der Waals surface area contributed by atoms with E-state index in [9.17, 15) is 0 Å². The lowest BCUT2D eigenvalue weighted by atomic mass is 9.84. The molecular formula is C17H37N3. The number of rotatable bonds is 7. The molecule has 0 spiro atoms. The number of hydrogen-bond acceptors (Lipinski definition) is 3. The molecule has 1 unspecified atom stereocenters. The average Bonchev–Trinajstić information content (AvgIpc) is 2.37. The van der Waals surface area contributed by atoms with Crippen molar-refractivity contribution in [1.29, 1.82) is 0 Å². The molecule has 1 rings (SSSR count). The van der Waals surface area contributed by atoms with E-state index in [1.807, 2.05) is 0 Å². The van der Waals surface area contributed by atoms with Crippen molar-refractivity contribution in [3.05, 3.63) is 0 Å². The molecule has 1 aliphatic rings. The van der Waals surface area contributed by atoms with Crippen molar-refractivity contribution >= 4 is 0 Å². The predicted octanol–water partition coefficient (Wildman–Crippen LogP) is 2.82. The molecule has 3 heteroatoms. The molecule has 120 valence electrons. The molecule has 0 aliphatic carbocycles. The van der Waals surface area contributed by atoms with Gasteiger partial charge in [0.05, 0.1) is 0 Å². The molecule has 0 radical (unpaired) electrons. The summed E-state index contributed by atoms with van der Waals surface area (Å²) < 4.78 is 0. The van der Waals surface area contributed by atoms with Crippen LogP contribution in [0.5, 0.6) is 0 Å². The van der Waals surface area contributed by atoms with Gasteiger partial charge in [-0.15, -0.1) is 0 Å². The Morgan fingerprint density at radius 3 is 2.35 bits per heavy atom. The fourth-order valence-corrected chi connectivity index (χ4v) is 3.11. The second-order valence-electron chi connectivity index (χ2n) is 7.68. The molecule has 1 heterocycles. The van der Waals surface area contributed by atoms with Crippen molar-refractivity contribution in [2.24, 2.45) is 5.41 Å². The lowest BCUT2D eigenvalue weighted by Gasteiger charge is -2.37. The summed E-state index contributed by atoms with van der Waals surface area (Å²) in [4.78, 5) is 5.05. The van der Waals surface area contributed by atoms with Gasteiger partial charge in [-0.25, -0.2) is 0 Å². The fraction of sp³-hybridized carbons (Fsp3) is 1.00. The highest BCUT2D eigenvalue weighted by Gasteiger charge is 2.26. The molecular weight excluding hydrogens is 246 g/mol. The number of hydrogen-bond donors (Lipinski definition) is 1. The lowest BCUT2D eigenvalue weighted by Crippen LogP contribution is -2.46. The number of nitrogens with one attached hydrogen (secondary N) is 1. The first-order valence-corrected chi connectivity index (χ1v) is 8.46. The van der Waals surface area contributed by atoms with Gasteiger partial charge in [-0.1, -0.05) is 27.7 Å². The highest BCUT2D eigenvalue weighted by atomic mass is 15.2. The van der Waals surface area contributed by atoms with E-state index in [4.69, 9.17) is 0 Å². The van der Waals surface area contributed by atoms with Crippen molar-refractivity contribution in [2.75, 3.05) is 40.3 Å². The van der Waals surface area contributed by atoms with Crippen LogP contribution in [-0.2, 0) is 0 Å². The normalized spacial score (nSPS) is 20.6. The summed E-state index contributed by atoms with van der Waals surface area (Å²) in [5.41, 5.74) is 0.350. The Balaban J connectivity index is 2.38. The third kappa shape index (κ3) is 6.11. The van der Waals surface area contributed by atoms with Gasteiger partial charge < -0.3 is 15.1 Å². The van der Waals surface area contributed by atoms with Gasteiger partial charge in [-0.05, 0) is 71.4 Å². The zero-order chi connectivity index (χ0) is 15.2. The van der Waals surface area contributed by atoms with Crippen LogP contribution in [0.1, 0.15) is 53.4 Å². The molecule has 0 aromatic carbocycles. The van der Waals surface area contributed by atoms with Gasteiger partial charge in [-0.3, -0.25) is 0 Å². The van der Waals surface area contributed by atoms with E-state index >= 15 is 0 Å². The Labute approximate surface area is 127 Å². The molecule has 3 nitrogen and oxygen atoms in total. The van der Waals surface area contributed by atoms with Crippen molar-refractivity contribution in [3.8, 4) is 0 Å². The van der Waals surface area contributed by atoms with E-state index in [0.29, 0.717) is 11.5 Å². The van der Waals surface area contributed by atoms with E-state index in [1.165, 1.54) is 45.3 Å². The maximum absolute atomic E-state index is 3.74. The minimum absolute atomic E-state index is 0.350. The van der Waals surface area contributed by atoms with Gasteiger partial charge in [0.1, 0.15) is 0 Å². The summed E-state index contributed by atoms with van der Waals surface area (Å²) in [5, 5.41) is 3.74. The van der Waals surface area contributed by atoms with Gasteiger partial charge >= 0.3 is 0 Å². The summed E-state index contributed by atoms with van der Waals surface area (Å²) in [6, 6.07) is 1.41. The van der Waals surface area contributed by atoms with Crippen LogP contribution in [0.4, 0.5) is 0 Å². The average molecular weight is 284 g/mol. The topological polar surface area (TPSA) is 18.5 Å². The van der Waals surface area contributed by atoms with Crippen LogP contribution in [-0.4, -0.2) is 62.2 Å². The maximum Gasteiger partial charge on any atom is 0.0128 e. The maximum atomic E-state index is 3.74. The van der Waals surface area contributed by atoms with E-state index in [1.54, 1.807) is 0 Å². The van der Waals surface area contributed by atoms with E-state index in [-0.39, 0.29) is 0 Å². The monoisotopic (exact) mass is 283 g/mol. The molecule has 0 bridgehead atoms. The zero-order valence-electron chi connectivity index (χ0n) is 14.7. The van der Waals surface area contributed by atoms with Gasteiger partial charge in [-0.2, -0.15) is 0 Å². The summed E-state index contributed by atoms with van der Waals surface area (Å²) in [7, 11) is 4.55. The molecule has 0 saturated carbocycles. The minimum Gasteiger partial charge on any atom is -0.313 e. The molecule has 1 saturated heterocycles. The first kappa shape index (κ1) is 17.9. The SMILES string of the molecule is CCCNC(CCN(C)C1CCN(C)CC1)C(C)(C)C. The second-order valence-corrected chi connectivity index (χ2v) is 7.68. The Kier molecular flexibility index (Phi) is 7.49. The Morgan fingerprint density at radius 2 is 1.85 bits per heavy atom. The Bertz CT molecular complexity index is 251. The summed E-state index contributed by atoms with van der Waals surface area (Å²) >= 11 is 0. The molecule has 1 fully saturated rings. The Morgan fingerprint density at radius 1 is 1.25 bits per heavy atom. The molecule has 1 aliphatic heterocycles. The molecule has 20 heavy (non-hydrogen) atoms. The van der Waals surface area contributed by atoms with Crippen LogP contribution in [0.25, 0.3) is 0 Å². The molecule has 0 aromatic heterocycles. The van der Waals surface area contributed by atoms with Crippen LogP contribution in [0.15, 0.2) is 0 Å². The summed E-state index contributed by atoms with van der Waals surface area (Å²) in [6.45, 7) is 14.2. The van der Waals surface area contributed by atoms with E-state index in [0.717, 1.165) is 12.6 Å². The van der Waals surface area contributed by atoms with Crippen LogP contribution in [0.3, 0.4) is 0 Å². The zero-order valence-corrected chi connectivity index (χ0v) is 14.7. The Hall–Kier alpha value is -0.120. The van der Waals surface area contributed by atoms with Crippen molar-refractivity contribution in [3.63, 3.8) is 0 Å². The van der Waals surface area contributed by atoms with Gasteiger partial charge in [0.25, 0.3) is 0 Å². The first-order chi connectivity index (χ1) is 9.34. The van der Waals surface area contributed by atoms with E-state index < -0.39 is 0 Å². The molecule has 1 N–H and O–H groups in total. The van der Waals surface area contributed by atoms with Gasteiger partial charge in [0, 0.05) is 12.1 Å². The number of nitrogens with zero attached hydrogens (tertiary/aromatic N) is 2. The van der Waals surface area contributed by atoms with Gasteiger partial charge in [0.2, 0.25) is 0 Å².